The molecule has 1 saturated carbocycles. The van der Waals surface area contributed by atoms with Crippen LogP contribution in [0.2, 0.25) is 0 Å². The summed E-state index contributed by atoms with van der Waals surface area (Å²) in [5.74, 6) is 0.812. The Morgan fingerprint density at radius 3 is 1.92 bits per heavy atom. The second kappa shape index (κ2) is 3.27. The molecular weight excluding hydrogens is 158 g/mol. The number of hydrogen-bond donors (Lipinski definition) is 1. The zero-order chi connectivity index (χ0) is 10.3. The first-order chi connectivity index (χ1) is 5.84. The van der Waals surface area contributed by atoms with Crippen molar-refractivity contribution in [3.8, 4) is 0 Å². The summed E-state index contributed by atoms with van der Waals surface area (Å²) in [4.78, 5) is 0. The van der Waals surface area contributed by atoms with Gasteiger partial charge in [0.05, 0.1) is 0 Å². The summed E-state index contributed by atoms with van der Waals surface area (Å²) in [6.07, 6.45) is 1.28. The Kier molecular flexibility index (Phi) is 2.78. The lowest BCUT2D eigenvalue weighted by atomic mass is 10.0. The molecule has 13 heavy (non-hydrogen) atoms. The molecule has 0 saturated heterocycles. The van der Waals surface area contributed by atoms with Crippen LogP contribution < -0.4 is 5.32 Å². The molecule has 1 aliphatic carbocycles. The predicted molar refractivity (Wildman–Crippen MR) is 58.8 cm³/mol. The van der Waals surface area contributed by atoms with E-state index in [9.17, 15) is 0 Å². The van der Waals surface area contributed by atoms with Crippen LogP contribution in [0.3, 0.4) is 0 Å². The molecule has 1 atom stereocenters. The first-order valence-electron chi connectivity index (χ1n) is 5.57. The zero-order valence-electron chi connectivity index (χ0n) is 10.1. The van der Waals surface area contributed by atoms with Crippen molar-refractivity contribution >= 4 is 0 Å². The Morgan fingerprint density at radius 2 is 1.62 bits per heavy atom. The smallest absolute Gasteiger partial charge is 0.0181 e. The minimum absolute atomic E-state index is 0.487. The maximum absolute atomic E-state index is 3.69. The summed E-state index contributed by atoms with van der Waals surface area (Å²) in [7, 11) is 0. The molecule has 0 bridgehead atoms. The third kappa shape index (κ3) is 1.76. The largest absolute Gasteiger partial charge is 0.313 e. The van der Waals surface area contributed by atoms with E-state index in [4.69, 9.17) is 0 Å². The summed E-state index contributed by atoms with van der Waals surface area (Å²) >= 11 is 0. The van der Waals surface area contributed by atoms with Crippen LogP contribution in [0.15, 0.2) is 0 Å². The van der Waals surface area contributed by atoms with Gasteiger partial charge in [0.15, 0.2) is 0 Å². The minimum Gasteiger partial charge on any atom is -0.313 e. The standard InChI is InChI=1S/C12H25N/c1-7-9(2)8-13-10-11(3,4)12(10,5)6/h9-10,13H,7-8H2,1-6H3. The molecule has 1 N–H and O–H groups in total. The van der Waals surface area contributed by atoms with Crippen LogP contribution in [-0.4, -0.2) is 12.6 Å². The highest BCUT2D eigenvalue weighted by atomic mass is 15.0. The van der Waals surface area contributed by atoms with Crippen molar-refractivity contribution in [2.24, 2.45) is 16.7 Å². The molecule has 0 aromatic heterocycles. The second-order valence-electron chi connectivity index (χ2n) is 5.80. The lowest BCUT2D eigenvalue weighted by molar-refractivity contribution is 0.457. The average Bonchev–Trinajstić information content (AvgIpc) is 2.40. The summed E-state index contributed by atoms with van der Waals surface area (Å²) in [6, 6.07) is 0.717. The molecule has 78 valence electrons. The van der Waals surface area contributed by atoms with Gasteiger partial charge in [-0.2, -0.15) is 0 Å². The third-order valence-corrected chi connectivity index (χ3v) is 4.39. The highest BCUT2D eigenvalue weighted by Gasteiger charge is 2.64. The molecule has 1 unspecified atom stereocenters. The van der Waals surface area contributed by atoms with Crippen molar-refractivity contribution < 1.29 is 0 Å². The Hall–Kier alpha value is -0.0400. The van der Waals surface area contributed by atoms with Crippen molar-refractivity contribution in [2.75, 3.05) is 6.54 Å². The van der Waals surface area contributed by atoms with E-state index in [1.54, 1.807) is 0 Å². The molecular formula is C12H25N. The molecule has 0 heterocycles. The lowest BCUT2D eigenvalue weighted by Gasteiger charge is -2.11. The van der Waals surface area contributed by atoms with Crippen molar-refractivity contribution in [3.05, 3.63) is 0 Å². The Morgan fingerprint density at radius 1 is 1.15 bits per heavy atom. The van der Waals surface area contributed by atoms with Gasteiger partial charge in [-0.25, -0.2) is 0 Å². The van der Waals surface area contributed by atoms with Gasteiger partial charge in [-0.15, -0.1) is 0 Å². The van der Waals surface area contributed by atoms with Gasteiger partial charge in [0, 0.05) is 6.04 Å². The second-order valence-corrected chi connectivity index (χ2v) is 5.80. The highest BCUT2D eigenvalue weighted by Crippen LogP contribution is 2.62. The van der Waals surface area contributed by atoms with Gasteiger partial charge in [0.25, 0.3) is 0 Å². The van der Waals surface area contributed by atoms with Gasteiger partial charge in [0.2, 0.25) is 0 Å². The van der Waals surface area contributed by atoms with Gasteiger partial charge in [-0.05, 0) is 23.3 Å². The van der Waals surface area contributed by atoms with E-state index >= 15 is 0 Å². The fourth-order valence-corrected chi connectivity index (χ4v) is 2.17. The molecule has 1 rings (SSSR count). The fraction of sp³-hybridized carbons (Fsp3) is 1.00. The van der Waals surface area contributed by atoms with Gasteiger partial charge < -0.3 is 5.32 Å². The Bertz CT molecular complexity index is 168. The van der Waals surface area contributed by atoms with Crippen molar-refractivity contribution in [3.63, 3.8) is 0 Å². The maximum Gasteiger partial charge on any atom is 0.0181 e. The Balaban J connectivity index is 2.34. The molecule has 1 aliphatic rings. The summed E-state index contributed by atoms with van der Waals surface area (Å²) < 4.78 is 0. The van der Waals surface area contributed by atoms with E-state index in [0.29, 0.717) is 16.9 Å². The molecule has 1 heteroatoms. The van der Waals surface area contributed by atoms with Crippen LogP contribution in [0, 0.1) is 16.7 Å². The zero-order valence-corrected chi connectivity index (χ0v) is 10.1. The number of rotatable bonds is 4. The quantitative estimate of drug-likeness (QED) is 0.706. The summed E-state index contributed by atoms with van der Waals surface area (Å²) in [5.41, 5.74) is 0.973. The summed E-state index contributed by atoms with van der Waals surface area (Å²) in [6.45, 7) is 15.2. The van der Waals surface area contributed by atoms with E-state index in [1.807, 2.05) is 0 Å². The van der Waals surface area contributed by atoms with E-state index in [1.165, 1.54) is 13.0 Å². The summed E-state index contributed by atoms with van der Waals surface area (Å²) in [5, 5.41) is 3.69. The van der Waals surface area contributed by atoms with Crippen LogP contribution in [0.5, 0.6) is 0 Å². The Labute approximate surface area is 83.3 Å². The van der Waals surface area contributed by atoms with Gasteiger partial charge in [-0.1, -0.05) is 48.0 Å². The molecule has 0 aliphatic heterocycles. The molecule has 0 radical (unpaired) electrons. The number of nitrogens with one attached hydrogen (secondary N) is 1. The van der Waals surface area contributed by atoms with Crippen LogP contribution in [0.25, 0.3) is 0 Å². The maximum atomic E-state index is 3.69. The highest BCUT2D eigenvalue weighted by molar-refractivity contribution is 5.17. The third-order valence-electron chi connectivity index (χ3n) is 4.39. The van der Waals surface area contributed by atoms with Crippen LogP contribution in [-0.2, 0) is 0 Å². The van der Waals surface area contributed by atoms with E-state index in [2.05, 4.69) is 46.9 Å². The monoisotopic (exact) mass is 183 g/mol. The molecule has 0 amide bonds. The minimum atomic E-state index is 0.487. The van der Waals surface area contributed by atoms with Gasteiger partial charge in [0.1, 0.15) is 0 Å². The van der Waals surface area contributed by atoms with Crippen molar-refractivity contribution in [1.29, 1.82) is 0 Å². The first-order valence-corrected chi connectivity index (χ1v) is 5.57. The van der Waals surface area contributed by atoms with Crippen LogP contribution in [0.1, 0.15) is 48.0 Å². The first kappa shape index (κ1) is 11.0. The van der Waals surface area contributed by atoms with Gasteiger partial charge >= 0.3 is 0 Å². The van der Waals surface area contributed by atoms with Crippen molar-refractivity contribution in [2.45, 2.75) is 54.0 Å². The molecule has 0 spiro atoms. The molecule has 0 aromatic rings. The SMILES string of the molecule is CCC(C)CNC1C(C)(C)C1(C)C. The normalized spacial score (nSPS) is 27.2. The fourth-order valence-electron chi connectivity index (χ4n) is 2.17. The molecule has 1 nitrogen and oxygen atoms in total. The topological polar surface area (TPSA) is 12.0 Å². The molecule has 1 fully saturated rings. The lowest BCUT2D eigenvalue weighted by Crippen LogP contribution is -2.27. The van der Waals surface area contributed by atoms with E-state index in [0.717, 1.165) is 5.92 Å². The van der Waals surface area contributed by atoms with Crippen LogP contribution >= 0.6 is 0 Å². The van der Waals surface area contributed by atoms with E-state index in [-0.39, 0.29) is 0 Å². The predicted octanol–water partition coefficient (Wildman–Crippen LogP) is 3.06. The number of hydrogen-bond acceptors (Lipinski definition) is 1. The average molecular weight is 183 g/mol. The molecule has 0 aromatic carbocycles. The van der Waals surface area contributed by atoms with Crippen LogP contribution in [0.4, 0.5) is 0 Å². The van der Waals surface area contributed by atoms with Crippen molar-refractivity contribution in [1.82, 2.24) is 5.32 Å². The van der Waals surface area contributed by atoms with E-state index < -0.39 is 0 Å². The van der Waals surface area contributed by atoms with Gasteiger partial charge in [-0.3, -0.25) is 0 Å².